The third kappa shape index (κ3) is 12.1. The number of carbonyl (C=O) groups is 1. The van der Waals surface area contributed by atoms with E-state index in [0.717, 1.165) is 50.5 Å². The van der Waals surface area contributed by atoms with Gasteiger partial charge in [-0.1, -0.05) is 26.0 Å². The Morgan fingerprint density at radius 3 is 2.41 bits per heavy atom. The van der Waals surface area contributed by atoms with Crippen molar-refractivity contribution in [3.05, 3.63) is 35.4 Å². The van der Waals surface area contributed by atoms with E-state index in [1.165, 1.54) is 25.9 Å². The lowest BCUT2D eigenvalue weighted by Crippen LogP contribution is -2.38. The van der Waals surface area contributed by atoms with Gasteiger partial charge in [-0.3, -0.25) is 9.79 Å². The van der Waals surface area contributed by atoms with Crippen molar-refractivity contribution < 1.29 is 4.79 Å². The zero-order valence-corrected chi connectivity index (χ0v) is 20.9. The quantitative estimate of drug-likeness (QED) is 0.163. The monoisotopic (exact) mass is 517 g/mol. The first-order valence-corrected chi connectivity index (χ1v) is 10.7. The minimum absolute atomic E-state index is 0. The normalized spacial score (nSPS) is 11.1. The molecule has 7 heteroatoms. The maximum absolute atomic E-state index is 11.8. The van der Waals surface area contributed by atoms with Crippen molar-refractivity contribution in [2.24, 2.45) is 4.99 Å². The SMILES string of the molecule is CCCN(CCC)CCCN=C(NCC)NCCc1cccc(C(=O)NC)c1.I. The molecule has 0 saturated heterocycles. The molecule has 166 valence electrons. The maximum atomic E-state index is 11.8. The largest absolute Gasteiger partial charge is 0.357 e. The summed E-state index contributed by atoms with van der Waals surface area (Å²) in [4.78, 5) is 19.0. The van der Waals surface area contributed by atoms with Gasteiger partial charge in [0.2, 0.25) is 0 Å². The molecule has 0 radical (unpaired) electrons. The summed E-state index contributed by atoms with van der Waals surface area (Å²) >= 11 is 0. The zero-order valence-electron chi connectivity index (χ0n) is 18.6. The molecule has 0 aromatic heterocycles. The van der Waals surface area contributed by atoms with Crippen LogP contribution in [0.2, 0.25) is 0 Å². The lowest BCUT2D eigenvalue weighted by Gasteiger charge is -2.20. The fourth-order valence-corrected chi connectivity index (χ4v) is 3.13. The van der Waals surface area contributed by atoms with Gasteiger partial charge in [-0.15, -0.1) is 24.0 Å². The zero-order chi connectivity index (χ0) is 20.6. The Bertz CT molecular complexity index is 588. The van der Waals surface area contributed by atoms with E-state index < -0.39 is 0 Å². The van der Waals surface area contributed by atoms with Crippen LogP contribution in [0.5, 0.6) is 0 Å². The van der Waals surface area contributed by atoms with Crippen molar-refractivity contribution in [1.29, 1.82) is 0 Å². The number of amides is 1. The van der Waals surface area contributed by atoms with E-state index in [0.29, 0.717) is 5.56 Å². The van der Waals surface area contributed by atoms with Crippen molar-refractivity contribution in [2.45, 2.75) is 46.5 Å². The second-order valence-electron chi connectivity index (χ2n) is 6.91. The topological polar surface area (TPSA) is 68.8 Å². The Hall–Kier alpha value is -1.35. The number of rotatable bonds is 13. The Balaban J connectivity index is 0.00000784. The van der Waals surface area contributed by atoms with E-state index in [4.69, 9.17) is 4.99 Å². The Morgan fingerprint density at radius 2 is 1.79 bits per heavy atom. The van der Waals surface area contributed by atoms with Gasteiger partial charge in [0.25, 0.3) is 5.91 Å². The van der Waals surface area contributed by atoms with Crippen LogP contribution in [0.25, 0.3) is 0 Å². The van der Waals surface area contributed by atoms with Crippen LogP contribution in [-0.2, 0) is 6.42 Å². The molecule has 0 aliphatic heterocycles. The smallest absolute Gasteiger partial charge is 0.251 e. The molecule has 0 spiro atoms. The van der Waals surface area contributed by atoms with Crippen LogP contribution >= 0.6 is 24.0 Å². The Labute approximate surface area is 194 Å². The maximum Gasteiger partial charge on any atom is 0.251 e. The third-order valence-electron chi connectivity index (χ3n) is 4.45. The van der Waals surface area contributed by atoms with Gasteiger partial charge in [0.1, 0.15) is 0 Å². The molecule has 29 heavy (non-hydrogen) atoms. The van der Waals surface area contributed by atoms with Crippen molar-refractivity contribution in [1.82, 2.24) is 20.9 Å². The van der Waals surface area contributed by atoms with Crippen molar-refractivity contribution in [3.8, 4) is 0 Å². The first kappa shape index (κ1) is 27.6. The van der Waals surface area contributed by atoms with Crippen LogP contribution in [0, 0.1) is 0 Å². The molecule has 1 rings (SSSR count). The summed E-state index contributed by atoms with van der Waals surface area (Å²) in [6.07, 6.45) is 4.32. The second-order valence-corrected chi connectivity index (χ2v) is 6.91. The van der Waals surface area contributed by atoms with Gasteiger partial charge in [-0.25, -0.2) is 0 Å². The standard InChI is InChI=1S/C22H39N5O.HI/c1-5-15-27(16-6-2)17-9-13-25-22(24-7-3)26-14-12-19-10-8-11-20(18-19)21(28)23-4;/h8,10-11,18H,5-7,9,12-17H2,1-4H3,(H,23,28)(H2,24,25,26);1H. The summed E-state index contributed by atoms with van der Waals surface area (Å²) in [7, 11) is 1.65. The highest BCUT2D eigenvalue weighted by atomic mass is 127. The first-order valence-electron chi connectivity index (χ1n) is 10.7. The highest BCUT2D eigenvalue weighted by Gasteiger charge is 2.05. The highest BCUT2D eigenvalue weighted by Crippen LogP contribution is 2.05. The number of aliphatic imine (C=N–C) groups is 1. The average Bonchev–Trinajstić information content (AvgIpc) is 2.71. The van der Waals surface area contributed by atoms with Crippen LogP contribution < -0.4 is 16.0 Å². The molecular formula is C22H40IN5O. The van der Waals surface area contributed by atoms with Gasteiger partial charge in [-0.2, -0.15) is 0 Å². The molecule has 0 aliphatic carbocycles. The lowest BCUT2D eigenvalue weighted by molar-refractivity contribution is 0.0963. The van der Waals surface area contributed by atoms with Crippen molar-refractivity contribution in [3.63, 3.8) is 0 Å². The molecular weight excluding hydrogens is 477 g/mol. The molecule has 0 heterocycles. The summed E-state index contributed by atoms with van der Waals surface area (Å²) < 4.78 is 0. The van der Waals surface area contributed by atoms with Crippen LogP contribution in [0.1, 0.15) is 56.0 Å². The van der Waals surface area contributed by atoms with Crippen LogP contribution in [-0.4, -0.2) is 63.1 Å². The molecule has 6 nitrogen and oxygen atoms in total. The van der Waals surface area contributed by atoms with Crippen LogP contribution in [0.3, 0.4) is 0 Å². The minimum atomic E-state index is -0.0510. The van der Waals surface area contributed by atoms with Gasteiger partial charge in [0, 0.05) is 32.2 Å². The van der Waals surface area contributed by atoms with E-state index in [1.807, 2.05) is 24.3 Å². The third-order valence-corrected chi connectivity index (χ3v) is 4.45. The first-order chi connectivity index (χ1) is 13.6. The van der Waals surface area contributed by atoms with Crippen LogP contribution in [0.4, 0.5) is 0 Å². The van der Waals surface area contributed by atoms with Gasteiger partial charge < -0.3 is 20.9 Å². The number of nitrogens with zero attached hydrogens (tertiary/aromatic N) is 2. The van der Waals surface area contributed by atoms with Crippen molar-refractivity contribution >= 4 is 35.8 Å². The molecule has 0 unspecified atom stereocenters. The van der Waals surface area contributed by atoms with E-state index in [9.17, 15) is 4.79 Å². The fourth-order valence-electron chi connectivity index (χ4n) is 3.13. The number of halogens is 1. The Morgan fingerprint density at radius 1 is 1.07 bits per heavy atom. The Kier molecular flexibility index (Phi) is 16.7. The second kappa shape index (κ2) is 17.5. The molecule has 0 atom stereocenters. The molecule has 3 N–H and O–H groups in total. The molecule has 1 amide bonds. The number of nitrogens with one attached hydrogen (secondary N) is 3. The molecule has 0 bridgehead atoms. The minimum Gasteiger partial charge on any atom is -0.357 e. The molecule has 1 aromatic carbocycles. The average molecular weight is 518 g/mol. The molecule has 0 fully saturated rings. The molecule has 1 aromatic rings. The van der Waals surface area contributed by atoms with Gasteiger partial charge in [0.05, 0.1) is 0 Å². The summed E-state index contributed by atoms with van der Waals surface area (Å²) in [6, 6.07) is 7.76. The number of carbonyl (C=O) groups excluding carboxylic acids is 1. The van der Waals surface area contributed by atoms with E-state index in [2.05, 4.69) is 41.6 Å². The predicted octanol–water partition coefficient (Wildman–Crippen LogP) is 3.27. The van der Waals surface area contributed by atoms with E-state index >= 15 is 0 Å². The number of hydrogen-bond donors (Lipinski definition) is 3. The fraction of sp³-hybridized carbons (Fsp3) is 0.636. The van der Waals surface area contributed by atoms with Crippen molar-refractivity contribution in [2.75, 3.05) is 46.3 Å². The predicted molar refractivity (Wildman–Crippen MR) is 135 cm³/mol. The summed E-state index contributed by atoms with van der Waals surface area (Å²) in [5, 5.41) is 9.37. The van der Waals surface area contributed by atoms with E-state index in [-0.39, 0.29) is 29.9 Å². The number of guanidine groups is 1. The lowest BCUT2D eigenvalue weighted by atomic mass is 10.1. The van der Waals surface area contributed by atoms with Gasteiger partial charge in [0.15, 0.2) is 5.96 Å². The number of benzene rings is 1. The van der Waals surface area contributed by atoms with E-state index in [1.54, 1.807) is 7.05 Å². The molecule has 0 saturated carbocycles. The summed E-state index contributed by atoms with van der Waals surface area (Å²) in [5.41, 5.74) is 1.84. The van der Waals surface area contributed by atoms with Crippen LogP contribution in [0.15, 0.2) is 29.3 Å². The van der Waals surface area contributed by atoms with Gasteiger partial charge in [-0.05, 0) is 69.9 Å². The summed E-state index contributed by atoms with van der Waals surface area (Å²) in [5.74, 6) is 0.812. The summed E-state index contributed by atoms with van der Waals surface area (Å²) in [6.45, 7) is 12.4. The van der Waals surface area contributed by atoms with Gasteiger partial charge >= 0.3 is 0 Å². The highest BCUT2D eigenvalue weighted by molar-refractivity contribution is 14.0. The molecule has 0 aliphatic rings. The number of hydrogen-bond acceptors (Lipinski definition) is 3.